The van der Waals surface area contributed by atoms with E-state index >= 15 is 0 Å². The van der Waals surface area contributed by atoms with Crippen LogP contribution in [-0.4, -0.2) is 52.1 Å². The van der Waals surface area contributed by atoms with Gasteiger partial charge < -0.3 is 15.5 Å². The van der Waals surface area contributed by atoms with Crippen molar-refractivity contribution in [1.29, 1.82) is 0 Å². The Balaban J connectivity index is 1.40. The zero-order valence-electron chi connectivity index (χ0n) is 13.0. The fourth-order valence-corrected chi connectivity index (χ4v) is 2.58. The molecular formula is C15H21N7O. The molecule has 1 fully saturated rings. The van der Waals surface area contributed by atoms with E-state index in [1.54, 1.807) is 29.3 Å². The molecule has 0 radical (unpaired) electrons. The molecule has 0 atom stereocenters. The average Bonchev–Trinajstić information content (AvgIpc) is 3.25. The van der Waals surface area contributed by atoms with Gasteiger partial charge in [0.2, 0.25) is 5.91 Å². The van der Waals surface area contributed by atoms with Gasteiger partial charge in [-0.25, -0.2) is 0 Å². The number of amides is 1. The van der Waals surface area contributed by atoms with Gasteiger partial charge in [0.15, 0.2) is 5.82 Å². The van der Waals surface area contributed by atoms with Crippen molar-refractivity contribution in [2.24, 2.45) is 0 Å². The highest BCUT2D eigenvalue weighted by molar-refractivity contribution is 5.75. The number of nitrogens with one attached hydrogen (secondary N) is 2. The Morgan fingerprint density at radius 1 is 1.26 bits per heavy atom. The first kappa shape index (κ1) is 15.3. The van der Waals surface area contributed by atoms with Crippen LogP contribution in [0.2, 0.25) is 0 Å². The van der Waals surface area contributed by atoms with Crippen molar-refractivity contribution in [2.75, 3.05) is 36.4 Å². The standard InChI is InChI=1S/C15H21N7O/c23-15(12-22-9-3-4-19-22)17-6-5-16-14-10-13(11-18-20-14)21-7-1-2-8-21/h3-4,9-11H,1-2,5-8,12H2,(H,16,20)(H,17,23). The summed E-state index contributed by atoms with van der Waals surface area (Å²) in [5, 5.41) is 18.1. The van der Waals surface area contributed by atoms with E-state index in [4.69, 9.17) is 0 Å². The van der Waals surface area contributed by atoms with Gasteiger partial charge in [0, 0.05) is 44.6 Å². The summed E-state index contributed by atoms with van der Waals surface area (Å²) in [7, 11) is 0. The van der Waals surface area contributed by atoms with Gasteiger partial charge in [-0.05, 0) is 18.9 Å². The van der Waals surface area contributed by atoms with E-state index in [0.717, 1.165) is 24.6 Å². The van der Waals surface area contributed by atoms with Gasteiger partial charge in [-0.2, -0.15) is 10.2 Å². The van der Waals surface area contributed by atoms with Crippen molar-refractivity contribution >= 4 is 17.4 Å². The molecule has 0 aromatic carbocycles. The summed E-state index contributed by atoms with van der Waals surface area (Å²) in [5.74, 6) is 0.670. The zero-order chi connectivity index (χ0) is 15.9. The summed E-state index contributed by atoms with van der Waals surface area (Å²) in [5.41, 5.74) is 1.10. The highest BCUT2D eigenvalue weighted by Gasteiger charge is 2.13. The van der Waals surface area contributed by atoms with Crippen LogP contribution in [0.4, 0.5) is 11.5 Å². The summed E-state index contributed by atoms with van der Waals surface area (Å²) in [6, 6.07) is 3.80. The number of anilines is 2. The summed E-state index contributed by atoms with van der Waals surface area (Å²) in [6.07, 6.45) is 7.67. The molecule has 1 aliphatic rings. The predicted octanol–water partition coefficient (Wildman–Crippen LogP) is 0.502. The van der Waals surface area contributed by atoms with Crippen molar-refractivity contribution in [3.63, 3.8) is 0 Å². The maximum atomic E-state index is 11.7. The molecule has 3 heterocycles. The Morgan fingerprint density at radius 2 is 2.13 bits per heavy atom. The molecular weight excluding hydrogens is 294 g/mol. The first-order chi connectivity index (χ1) is 11.3. The third-order valence-electron chi connectivity index (χ3n) is 3.73. The van der Waals surface area contributed by atoms with Gasteiger partial charge in [-0.3, -0.25) is 9.48 Å². The average molecular weight is 315 g/mol. The van der Waals surface area contributed by atoms with Gasteiger partial charge >= 0.3 is 0 Å². The van der Waals surface area contributed by atoms with Gasteiger partial charge in [0.25, 0.3) is 0 Å². The van der Waals surface area contributed by atoms with Crippen LogP contribution in [0.3, 0.4) is 0 Å². The van der Waals surface area contributed by atoms with Gasteiger partial charge in [-0.15, -0.1) is 5.10 Å². The van der Waals surface area contributed by atoms with Crippen LogP contribution >= 0.6 is 0 Å². The van der Waals surface area contributed by atoms with Crippen LogP contribution in [0.15, 0.2) is 30.7 Å². The molecule has 0 spiro atoms. The molecule has 8 nitrogen and oxygen atoms in total. The number of aromatic nitrogens is 4. The van der Waals surface area contributed by atoms with Crippen LogP contribution in [0.25, 0.3) is 0 Å². The van der Waals surface area contributed by atoms with E-state index in [-0.39, 0.29) is 12.5 Å². The number of hydrogen-bond donors (Lipinski definition) is 2. The van der Waals surface area contributed by atoms with Crippen molar-refractivity contribution in [3.8, 4) is 0 Å². The summed E-state index contributed by atoms with van der Waals surface area (Å²) in [4.78, 5) is 14.0. The Morgan fingerprint density at radius 3 is 2.91 bits per heavy atom. The summed E-state index contributed by atoms with van der Waals surface area (Å²) >= 11 is 0. The minimum absolute atomic E-state index is 0.0626. The van der Waals surface area contributed by atoms with Crippen molar-refractivity contribution in [3.05, 3.63) is 30.7 Å². The van der Waals surface area contributed by atoms with Crippen molar-refractivity contribution in [2.45, 2.75) is 19.4 Å². The SMILES string of the molecule is O=C(Cn1cccn1)NCCNc1cc(N2CCCC2)cnn1. The highest BCUT2D eigenvalue weighted by Crippen LogP contribution is 2.20. The van der Waals surface area contributed by atoms with Crippen LogP contribution in [0.5, 0.6) is 0 Å². The molecule has 8 heteroatoms. The second kappa shape index (κ2) is 7.57. The Bertz CT molecular complexity index is 623. The van der Waals surface area contributed by atoms with Crippen molar-refractivity contribution < 1.29 is 4.79 Å². The van der Waals surface area contributed by atoms with Gasteiger partial charge in [-0.1, -0.05) is 0 Å². The van der Waals surface area contributed by atoms with Gasteiger partial charge in [0.1, 0.15) is 6.54 Å². The Hall–Kier alpha value is -2.64. The summed E-state index contributed by atoms with van der Waals surface area (Å²) in [6.45, 7) is 3.51. The molecule has 0 unspecified atom stereocenters. The van der Waals surface area contributed by atoms with E-state index in [2.05, 4.69) is 30.8 Å². The third-order valence-corrected chi connectivity index (χ3v) is 3.73. The van der Waals surface area contributed by atoms with Crippen LogP contribution in [0.1, 0.15) is 12.8 Å². The van der Waals surface area contributed by atoms with E-state index in [0.29, 0.717) is 13.1 Å². The molecule has 0 bridgehead atoms. The topological polar surface area (TPSA) is 88.0 Å². The number of rotatable bonds is 7. The number of hydrogen-bond acceptors (Lipinski definition) is 6. The molecule has 3 rings (SSSR count). The molecule has 2 aromatic heterocycles. The molecule has 0 aliphatic carbocycles. The largest absolute Gasteiger partial charge is 0.370 e. The maximum absolute atomic E-state index is 11.7. The highest BCUT2D eigenvalue weighted by atomic mass is 16.2. The number of carbonyl (C=O) groups excluding carboxylic acids is 1. The first-order valence-electron chi connectivity index (χ1n) is 7.87. The second-order valence-electron chi connectivity index (χ2n) is 5.47. The van der Waals surface area contributed by atoms with Crippen LogP contribution < -0.4 is 15.5 Å². The lowest BCUT2D eigenvalue weighted by Gasteiger charge is -2.17. The van der Waals surface area contributed by atoms with E-state index in [9.17, 15) is 4.79 Å². The molecule has 23 heavy (non-hydrogen) atoms. The fraction of sp³-hybridized carbons (Fsp3) is 0.467. The van der Waals surface area contributed by atoms with Gasteiger partial charge in [0.05, 0.1) is 11.9 Å². The normalized spacial score (nSPS) is 14.0. The summed E-state index contributed by atoms with van der Waals surface area (Å²) < 4.78 is 1.59. The van der Waals surface area contributed by atoms with E-state index in [1.807, 2.05) is 6.07 Å². The number of carbonyl (C=O) groups is 1. The molecule has 1 saturated heterocycles. The molecule has 1 amide bonds. The smallest absolute Gasteiger partial charge is 0.241 e. The molecule has 122 valence electrons. The quantitative estimate of drug-likeness (QED) is 0.724. The number of nitrogens with zero attached hydrogens (tertiary/aromatic N) is 5. The fourth-order valence-electron chi connectivity index (χ4n) is 2.58. The van der Waals surface area contributed by atoms with Crippen LogP contribution in [0, 0.1) is 0 Å². The first-order valence-corrected chi connectivity index (χ1v) is 7.87. The minimum Gasteiger partial charge on any atom is -0.370 e. The molecule has 0 saturated carbocycles. The predicted molar refractivity (Wildman–Crippen MR) is 87.2 cm³/mol. The lowest BCUT2D eigenvalue weighted by Crippen LogP contribution is -2.32. The van der Waals surface area contributed by atoms with Crippen LogP contribution in [-0.2, 0) is 11.3 Å². The lowest BCUT2D eigenvalue weighted by molar-refractivity contribution is -0.121. The zero-order valence-corrected chi connectivity index (χ0v) is 13.0. The minimum atomic E-state index is -0.0626. The maximum Gasteiger partial charge on any atom is 0.241 e. The Kier molecular flexibility index (Phi) is 5.02. The molecule has 2 N–H and O–H groups in total. The van der Waals surface area contributed by atoms with E-state index in [1.165, 1.54) is 12.8 Å². The van der Waals surface area contributed by atoms with E-state index < -0.39 is 0 Å². The third kappa shape index (κ3) is 4.41. The molecule has 1 aliphatic heterocycles. The molecule has 2 aromatic rings. The lowest BCUT2D eigenvalue weighted by atomic mass is 10.4. The Labute approximate surface area is 134 Å². The monoisotopic (exact) mass is 315 g/mol. The second-order valence-corrected chi connectivity index (χ2v) is 5.47. The van der Waals surface area contributed by atoms with Crippen molar-refractivity contribution in [1.82, 2.24) is 25.3 Å².